The summed E-state index contributed by atoms with van der Waals surface area (Å²) in [5.41, 5.74) is 1.26. The summed E-state index contributed by atoms with van der Waals surface area (Å²) in [6, 6.07) is 9.60. The maximum absolute atomic E-state index is 12.3. The van der Waals surface area contributed by atoms with Gasteiger partial charge in [0, 0.05) is 24.2 Å². The van der Waals surface area contributed by atoms with Crippen molar-refractivity contribution >= 4 is 16.9 Å². The summed E-state index contributed by atoms with van der Waals surface area (Å²) >= 11 is 0. The molecule has 0 saturated heterocycles. The van der Waals surface area contributed by atoms with Gasteiger partial charge >= 0.3 is 17.8 Å². The lowest BCUT2D eigenvalue weighted by molar-refractivity contribution is -0.192. The van der Waals surface area contributed by atoms with Gasteiger partial charge in [-0.25, -0.2) is 14.7 Å². The number of fused-ring (bicyclic) bond motifs is 2. The van der Waals surface area contributed by atoms with Crippen LogP contribution in [0.4, 0.5) is 13.2 Å². The van der Waals surface area contributed by atoms with Crippen LogP contribution in [-0.4, -0.2) is 37.0 Å². The number of H-pyrrole nitrogens is 2. The smallest absolute Gasteiger partial charge is 0.475 e. The van der Waals surface area contributed by atoms with E-state index in [9.17, 15) is 22.8 Å². The second-order valence-electron chi connectivity index (χ2n) is 6.98. The standard InChI is InChI=1S/C17H19N5O2.C2HF3O2/c23-16-12(9-11-5-1-2-6-13(11)19-16)10-18-14-7-3-4-8-22-15(14)20-21-17(22)24;3-2(4,5)1(6)7/h1-2,5-6,9,14,18H,3-4,7-8,10H2,(H,19,23)(H,21,24);(H,6,7). The van der Waals surface area contributed by atoms with Gasteiger partial charge in [0.2, 0.25) is 0 Å². The third-order valence-electron chi connectivity index (χ3n) is 4.84. The van der Waals surface area contributed by atoms with Crippen LogP contribution in [0.2, 0.25) is 0 Å². The molecule has 0 bridgehead atoms. The number of hydrogen-bond acceptors (Lipinski definition) is 5. The molecule has 1 aromatic carbocycles. The fourth-order valence-corrected chi connectivity index (χ4v) is 3.31. The molecule has 1 aliphatic rings. The number of pyridine rings is 1. The van der Waals surface area contributed by atoms with Gasteiger partial charge in [0.15, 0.2) is 5.82 Å². The number of benzene rings is 1. The summed E-state index contributed by atoms with van der Waals surface area (Å²) in [6.07, 6.45) is -2.20. The molecule has 1 unspecified atom stereocenters. The molecule has 1 aliphatic heterocycles. The first-order valence-corrected chi connectivity index (χ1v) is 9.46. The normalized spacial score (nSPS) is 16.2. The molecule has 12 heteroatoms. The molecule has 0 amide bonds. The quantitative estimate of drug-likeness (QED) is 0.494. The van der Waals surface area contributed by atoms with E-state index in [0.29, 0.717) is 18.7 Å². The molecule has 31 heavy (non-hydrogen) atoms. The minimum atomic E-state index is -5.08. The molecule has 3 aromatic rings. The van der Waals surface area contributed by atoms with Crippen LogP contribution >= 0.6 is 0 Å². The molecular weight excluding hydrogens is 419 g/mol. The van der Waals surface area contributed by atoms with E-state index >= 15 is 0 Å². The van der Waals surface area contributed by atoms with Crippen molar-refractivity contribution in [3.05, 3.63) is 62.6 Å². The first kappa shape index (κ1) is 22.3. The van der Waals surface area contributed by atoms with Crippen molar-refractivity contribution in [1.29, 1.82) is 0 Å². The van der Waals surface area contributed by atoms with Crippen LogP contribution in [0, 0.1) is 0 Å². The number of carboxylic acid groups (broad SMARTS) is 1. The summed E-state index contributed by atoms with van der Waals surface area (Å²) in [5.74, 6) is -2.03. The van der Waals surface area contributed by atoms with Gasteiger partial charge in [0.05, 0.1) is 6.04 Å². The van der Waals surface area contributed by atoms with Crippen molar-refractivity contribution in [3.63, 3.8) is 0 Å². The topological polar surface area (TPSA) is 133 Å². The zero-order valence-corrected chi connectivity index (χ0v) is 16.2. The minimum Gasteiger partial charge on any atom is -0.475 e. The van der Waals surface area contributed by atoms with E-state index < -0.39 is 12.1 Å². The third-order valence-corrected chi connectivity index (χ3v) is 4.84. The molecule has 0 spiro atoms. The Hall–Kier alpha value is -3.41. The number of carbonyl (C=O) groups is 1. The fraction of sp³-hybridized carbons (Fsp3) is 0.368. The van der Waals surface area contributed by atoms with Crippen molar-refractivity contribution < 1.29 is 23.1 Å². The molecule has 1 atom stereocenters. The Morgan fingerprint density at radius 3 is 2.68 bits per heavy atom. The summed E-state index contributed by atoms with van der Waals surface area (Å²) in [6.45, 7) is 1.13. The van der Waals surface area contributed by atoms with E-state index in [1.807, 2.05) is 30.3 Å². The van der Waals surface area contributed by atoms with E-state index in [4.69, 9.17) is 9.90 Å². The van der Waals surface area contributed by atoms with Crippen molar-refractivity contribution in [2.45, 2.75) is 44.6 Å². The van der Waals surface area contributed by atoms with Gasteiger partial charge in [-0.05, 0) is 36.8 Å². The number of rotatable bonds is 3. The lowest BCUT2D eigenvalue weighted by Crippen LogP contribution is -2.27. The van der Waals surface area contributed by atoms with E-state index in [-0.39, 0.29) is 17.3 Å². The lowest BCUT2D eigenvalue weighted by atomic mass is 10.1. The molecule has 0 aliphatic carbocycles. The summed E-state index contributed by atoms with van der Waals surface area (Å²) < 4.78 is 33.4. The van der Waals surface area contributed by atoms with E-state index in [1.54, 1.807) is 4.57 Å². The molecule has 166 valence electrons. The molecular formula is C19H20F3N5O4. The van der Waals surface area contributed by atoms with Gasteiger partial charge in [-0.3, -0.25) is 9.36 Å². The molecule has 4 N–H and O–H groups in total. The van der Waals surface area contributed by atoms with Crippen LogP contribution in [-0.2, 0) is 17.9 Å². The Bertz CT molecular complexity index is 1180. The third kappa shape index (κ3) is 5.40. The van der Waals surface area contributed by atoms with Crippen molar-refractivity contribution in [2.24, 2.45) is 0 Å². The molecule has 0 saturated carbocycles. The molecule has 4 rings (SSSR count). The number of aromatic amines is 2. The van der Waals surface area contributed by atoms with E-state index in [1.165, 1.54) is 0 Å². The maximum atomic E-state index is 12.3. The van der Waals surface area contributed by atoms with E-state index in [2.05, 4.69) is 20.5 Å². The number of hydrogen-bond donors (Lipinski definition) is 4. The number of aliphatic carboxylic acids is 1. The average molecular weight is 439 g/mol. The SMILES string of the molecule is O=C(O)C(F)(F)F.O=c1[nH]c2ccccc2cc1CNC1CCCCn2c1n[nH]c2=O. The monoisotopic (exact) mass is 439 g/mol. The van der Waals surface area contributed by atoms with Crippen molar-refractivity contribution in [1.82, 2.24) is 25.1 Å². The van der Waals surface area contributed by atoms with Crippen LogP contribution in [0.25, 0.3) is 10.9 Å². The zero-order chi connectivity index (χ0) is 22.6. The summed E-state index contributed by atoms with van der Waals surface area (Å²) in [4.78, 5) is 35.9. The van der Waals surface area contributed by atoms with Crippen molar-refractivity contribution in [2.75, 3.05) is 0 Å². The van der Waals surface area contributed by atoms with Crippen molar-refractivity contribution in [3.8, 4) is 0 Å². The highest BCUT2D eigenvalue weighted by Gasteiger charge is 2.38. The van der Waals surface area contributed by atoms with Gasteiger partial charge in [-0.2, -0.15) is 18.3 Å². The van der Waals surface area contributed by atoms with Crippen LogP contribution in [0.3, 0.4) is 0 Å². The Balaban J connectivity index is 0.000000339. The minimum absolute atomic E-state index is 0.0303. The Morgan fingerprint density at radius 2 is 1.97 bits per heavy atom. The fourth-order valence-electron chi connectivity index (χ4n) is 3.31. The predicted octanol–water partition coefficient (Wildman–Crippen LogP) is 2.06. The Morgan fingerprint density at radius 1 is 1.26 bits per heavy atom. The molecule has 3 heterocycles. The Kier molecular flexibility index (Phi) is 6.59. The maximum Gasteiger partial charge on any atom is 0.490 e. The molecule has 2 aromatic heterocycles. The number of carboxylic acids is 1. The van der Waals surface area contributed by atoms with Crippen LogP contribution in [0.1, 0.15) is 36.7 Å². The largest absolute Gasteiger partial charge is 0.490 e. The Labute approximate surface area is 172 Å². The number of aromatic nitrogens is 4. The van der Waals surface area contributed by atoms with Gasteiger partial charge in [0.25, 0.3) is 5.56 Å². The number of para-hydroxylation sites is 1. The second-order valence-corrected chi connectivity index (χ2v) is 6.98. The first-order valence-electron chi connectivity index (χ1n) is 9.46. The lowest BCUT2D eigenvalue weighted by Gasteiger charge is -2.15. The second kappa shape index (κ2) is 9.16. The highest BCUT2D eigenvalue weighted by Crippen LogP contribution is 2.21. The highest BCUT2D eigenvalue weighted by molar-refractivity contribution is 5.78. The first-order chi connectivity index (χ1) is 14.7. The van der Waals surface area contributed by atoms with Gasteiger partial charge in [0.1, 0.15) is 0 Å². The predicted molar refractivity (Wildman–Crippen MR) is 105 cm³/mol. The molecule has 9 nitrogen and oxygen atoms in total. The molecule has 0 radical (unpaired) electrons. The van der Waals surface area contributed by atoms with Crippen LogP contribution in [0.15, 0.2) is 39.9 Å². The number of alkyl halides is 3. The molecule has 0 fully saturated rings. The van der Waals surface area contributed by atoms with Gasteiger partial charge < -0.3 is 15.4 Å². The average Bonchev–Trinajstić information content (AvgIpc) is 2.95. The summed E-state index contributed by atoms with van der Waals surface area (Å²) in [7, 11) is 0. The van der Waals surface area contributed by atoms with E-state index in [0.717, 1.165) is 36.0 Å². The van der Waals surface area contributed by atoms with Crippen LogP contribution in [0.5, 0.6) is 0 Å². The number of nitrogens with zero attached hydrogens (tertiary/aromatic N) is 2. The van der Waals surface area contributed by atoms with Gasteiger partial charge in [-0.1, -0.05) is 18.2 Å². The number of nitrogens with one attached hydrogen (secondary N) is 3. The van der Waals surface area contributed by atoms with Crippen LogP contribution < -0.4 is 16.6 Å². The number of halogens is 3. The highest BCUT2D eigenvalue weighted by atomic mass is 19.4. The zero-order valence-electron chi connectivity index (χ0n) is 16.2. The van der Waals surface area contributed by atoms with Gasteiger partial charge in [-0.15, -0.1) is 0 Å². The summed E-state index contributed by atoms with van der Waals surface area (Å²) in [5, 5.41) is 18.2.